The van der Waals surface area contributed by atoms with E-state index in [9.17, 15) is 9.90 Å². The Morgan fingerprint density at radius 3 is 3.06 bits per heavy atom. The zero-order valence-electron chi connectivity index (χ0n) is 8.67. The number of rotatable bonds is 2. The maximum atomic E-state index is 11.6. The fourth-order valence-corrected chi connectivity index (χ4v) is 1.41. The molecule has 2 aromatic rings. The Morgan fingerprint density at radius 1 is 1.50 bits per heavy atom. The topological polar surface area (TPSA) is 72.3 Å². The van der Waals surface area contributed by atoms with Crippen molar-refractivity contribution in [1.29, 1.82) is 0 Å². The number of aromatic nitrogens is 2. The molecule has 0 radical (unpaired) electrons. The molecule has 0 saturated heterocycles. The van der Waals surface area contributed by atoms with Gasteiger partial charge in [-0.2, -0.15) is 0 Å². The highest BCUT2D eigenvalue weighted by Gasteiger charge is 2.17. The minimum atomic E-state index is -0.592. The van der Waals surface area contributed by atoms with Gasteiger partial charge in [-0.1, -0.05) is 0 Å². The third-order valence-corrected chi connectivity index (χ3v) is 2.08. The molecule has 0 saturated carbocycles. The Morgan fingerprint density at radius 2 is 2.31 bits per heavy atom. The quantitative estimate of drug-likeness (QED) is 0.773. The van der Waals surface area contributed by atoms with Gasteiger partial charge in [0, 0.05) is 6.20 Å². The monoisotopic (exact) mass is 218 g/mol. The number of hydrogen-bond acceptors (Lipinski definition) is 5. The van der Waals surface area contributed by atoms with Crippen molar-refractivity contribution in [1.82, 2.24) is 9.97 Å². The lowest BCUT2D eigenvalue weighted by molar-refractivity contribution is 0.0525. The molecule has 0 aliphatic carbocycles. The van der Waals surface area contributed by atoms with Crippen LogP contribution in [0, 0.1) is 0 Å². The molecule has 2 heterocycles. The number of hydrogen-bond donors (Lipinski definition) is 1. The predicted molar refractivity (Wildman–Crippen MR) is 57.2 cm³/mol. The van der Waals surface area contributed by atoms with Crippen molar-refractivity contribution >= 4 is 17.0 Å². The van der Waals surface area contributed by atoms with Crippen LogP contribution in [0.3, 0.4) is 0 Å². The standard InChI is InChI=1S/C11H10N2O3/c1-2-16-11(15)9-8(14)6-13-7-4-3-5-12-10(7)9/h3-6,14H,2H2,1H3. The van der Waals surface area contributed by atoms with Gasteiger partial charge in [0.25, 0.3) is 0 Å². The molecule has 16 heavy (non-hydrogen) atoms. The van der Waals surface area contributed by atoms with E-state index in [4.69, 9.17) is 4.74 Å². The zero-order valence-corrected chi connectivity index (χ0v) is 8.67. The molecule has 0 aliphatic rings. The van der Waals surface area contributed by atoms with Crippen LogP contribution in [0.1, 0.15) is 17.3 Å². The largest absolute Gasteiger partial charge is 0.505 e. The molecule has 0 unspecified atom stereocenters. The summed E-state index contributed by atoms with van der Waals surface area (Å²) in [6.45, 7) is 1.95. The van der Waals surface area contributed by atoms with Crippen molar-refractivity contribution in [2.45, 2.75) is 6.92 Å². The van der Waals surface area contributed by atoms with Crippen LogP contribution in [0.15, 0.2) is 24.5 Å². The van der Waals surface area contributed by atoms with Gasteiger partial charge in [-0.15, -0.1) is 0 Å². The van der Waals surface area contributed by atoms with E-state index in [2.05, 4.69) is 9.97 Å². The summed E-state index contributed by atoms with van der Waals surface area (Å²) in [6.07, 6.45) is 2.75. The van der Waals surface area contributed by atoms with Gasteiger partial charge in [0.2, 0.25) is 0 Å². The van der Waals surface area contributed by atoms with Gasteiger partial charge < -0.3 is 9.84 Å². The Kier molecular flexibility index (Phi) is 2.68. The summed E-state index contributed by atoms with van der Waals surface area (Å²) in [5.41, 5.74) is 0.955. The predicted octanol–water partition coefficient (Wildman–Crippen LogP) is 1.51. The van der Waals surface area contributed by atoms with Gasteiger partial charge in [0.05, 0.1) is 18.3 Å². The molecule has 1 N–H and O–H groups in total. The molecule has 5 heteroatoms. The Hall–Kier alpha value is -2.17. The maximum Gasteiger partial charge on any atom is 0.344 e. The summed E-state index contributed by atoms with van der Waals surface area (Å²) in [7, 11) is 0. The van der Waals surface area contributed by atoms with Gasteiger partial charge in [0.1, 0.15) is 11.1 Å². The SMILES string of the molecule is CCOC(=O)c1c(O)cnc2cccnc12. The number of carbonyl (C=O) groups is 1. The van der Waals surface area contributed by atoms with Crippen LogP contribution in [-0.2, 0) is 4.74 Å². The molecule has 0 bridgehead atoms. The van der Waals surface area contributed by atoms with Crippen LogP contribution in [0.25, 0.3) is 11.0 Å². The molecule has 0 aliphatic heterocycles. The van der Waals surface area contributed by atoms with Crippen LogP contribution in [0.2, 0.25) is 0 Å². The van der Waals surface area contributed by atoms with Gasteiger partial charge in [-0.3, -0.25) is 9.97 Å². The average molecular weight is 218 g/mol. The maximum absolute atomic E-state index is 11.6. The first kappa shape index (κ1) is 10.4. The van der Waals surface area contributed by atoms with Crippen LogP contribution in [0.4, 0.5) is 0 Å². The second kappa shape index (κ2) is 4.14. The molecule has 2 aromatic heterocycles. The third kappa shape index (κ3) is 1.67. The van der Waals surface area contributed by atoms with Crippen molar-refractivity contribution in [2.24, 2.45) is 0 Å². The number of ether oxygens (including phenoxy) is 1. The summed E-state index contributed by atoms with van der Waals surface area (Å²) in [6, 6.07) is 3.42. The van der Waals surface area contributed by atoms with Crippen molar-refractivity contribution in [3.63, 3.8) is 0 Å². The number of pyridine rings is 2. The van der Waals surface area contributed by atoms with E-state index in [0.717, 1.165) is 0 Å². The number of nitrogens with zero attached hydrogens (tertiary/aromatic N) is 2. The molecular weight excluding hydrogens is 208 g/mol. The summed E-state index contributed by atoms with van der Waals surface area (Å²) in [5, 5.41) is 9.60. The first-order valence-electron chi connectivity index (χ1n) is 4.84. The smallest absolute Gasteiger partial charge is 0.344 e. The fraction of sp³-hybridized carbons (Fsp3) is 0.182. The lowest BCUT2D eigenvalue weighted by Crippen LogP contribution is -2.07. The normalized spacial score (nSPS) is 10.3. The van der Waals surface area contributed by atoms with Crippen molar-refractivity contribution < 1.29 is 14.6 Å². The average Bonchev–Trinajstić information content (AvgIpc) is 2.29. The van der Waals surface area contributed by atoms with Crippen LogP contribution < -0.4 is 0 Å². The highest BCUT2D eigenvalue weighted by Crippen LogP contribution is 2.23. The van der Waals surface area contributed by atoms with E-state index in [1.807, 2.05) is 0 Å². The number of aromatic hydroxyl groups is 1. The number of carbonyl (C=O) groups excluding carboxylic acids is 1. The van der Waals surface area contributed by atoms with E-state index < -0.39 is 5.97 Å². The lowest BCUT2D eigenvalue weighted by atomic mass is 10.2. The molecule has 0 fully saturated rings. The van der Waals surface area contributed by atoms with E-state index in [1.54, 1.807) is 19.1 Å². The van der Waals surface area contributed by atoms with Crippen molar-refractivity contribution in [3.8, 4) is 5.75 Å². The highest BCUT2D eigenvalue weighted by atomic mass is 16.5. The molecule has 0 spiro atoms. The Labute approximate surface area is 91.7 Å². The fourth-order valence-electron chi connectivity index (χ4n) is 1.41. The molecule has 2 rings (SSSR count). The van der Waals surface area contributed by atoms with E-state index in [-0.39, 0.29) is 17.9 Å². The summed E-state index contributed by atoms with van der Waals surface area (Å²) in [5.74, 6) is -0.809. The third-order valence-electron chi connectivity index (χ3n) is 2.08. The van der Waals surface area contributed by atoms with Crippen LogP contribution in [0.5, 0.6) is 5.75 Å². The van der Waals surface area contributed by atoms with Gasteiger partial charge >= 0.3 is 5.97 Å². The second-order valence-corrected chi connectivity index (χ2v) is 3.11. The molecule has 0 amide bonds. The minimum Gasteiger partial charge on any atom is -0.505 e. The molecular formula is C11H10N2O3. The molecule has 0 atom stereocenters. The van der Waals surface area contributed by atoms with Crippen LogP contribution in [-0.4, -0.2) is 27.7 Å². The number of fused-ring (bicyclic) bond motifs is 1. The minimum absolute atomic E-state index is 0.0625. The first-order chi connectivity index (χ1) is 7.74. The van der Waals surface area contributed by atoms with Crippen molar-refractivity contribution in [2.75, 3.05) is 6.61 Å². The molecule has 0 aromatic carbocycles. The molecule has 5 nitrogen and oxygen atoms in total. The van der Waals surface area contributed by atoms with Gasteiger partial charge in [0.15, 0.2) is 5.75 Å². The van der Waals surface area contributed by atoms with E-state index in [0.29, 0.717) is 11.0 Å². The van der Waals surface area contributed by atoms with Gasteiger partial charge in [-0.05, 0) is 19.1 Å². The lowest BCUT2D eigenvalue weighted by Gasteiger charge is -2.06. The summed E-state index contributed by atoms with van der Waals surface area (Å²) < 4.78 is 4.85. The van der Waals surface area contributed by atoms with Crippen LogP contribution >= 0.6 is 0 Å². The number of esters is 1. The Bertz CT molecular complexity index is 540. The summed E-state index contributed by atoms with van der Waals surface area (Å²) >= 11 is 0. The molecule has 82 valence electrons. The highest BCUT2D eigenvalue weighted by molar-refractivity contribution is 6.03. The zero-order chi connectivity index (χ0) is 11.5. The van der Waals surface area contributed by atoms with Crippen molar-refractivity contribution in [3.05, 3.63) is 30.1 Å². The van der Waals surface area contributed by atoms with E-state index >= 15 is 0 Å². The second-order valence-electron chi connectivity index (χ2n) is 3.11. The van der Waals surface area contributed by atoms with E-state index in [1.165, 1.54) is 12.4 Å². The first-order valence-corrected chi connectivity index (χ1v) is 4.84. The summed E-state index contributed by atoms with van der Waals surface area (Å²) in [4.78, 5) is 19.6. The Balaban J connectivity index is 2.66. The van der Waals surface area contributed by atoms with Gasteiger partial charge in [-0.25, -0.2) is 4.79 Å².